The first-order valence-electron chi connectivity index (χ1n) is 22.1. The maximum absolute atomic E-state index is 13.7. The number of carboxylic acids is 4. The molecule has 7 atom stereocenters. The molecule has 29 nitrogen and oxygen atoms in total. The molecule has 20 N–H and O–H groups in total. The molecule has 0 aliphatic carbocycles. The summed E-state index contributed by atoms with van der Waals surface area (Å²) in [5, 5.41) is 54.1. The van der Waals surface area contributed by atoms with Crippen LogP contribution < -0.4 is 60.2 Å². The Morgan fingerprint density at radius 3 is 1.70 bits per heavy atom. The number of carbonyl (C=O) groups excluding carboxylic acids is 7. The summed E-state index contributed by atoms with van der Waals surface area (Å²) in [6.07, 6.45) is -0.113. The Balaban J connectivity index is 2.27. The quantitative estimate of drug-likeness (QED) is 0.0177. The first-order valence-corrected chi connectivity index (χ1v) is 22.1. The standard InChI is InChI=1S/C42H62N14O15/c43-13-5-4-9-24(44)35(64)54-27(16-23-19-47-21-50-23)38(67)55-29(18-34(62)63)40(69)52-25(10-6-14-48-42(45)46)36(65)49-20-31(57)51-28(17-33(60)61)39(68)53-26(11-12-32(58)59)37(66)56-30(41(70)71)15-22-7-2-1-3-8-22/h1-3,7-8,19,21,24-30H,4-6,9-18,20,43-44H2,(H,47,50)(H,49,65)(H,51,57)(H,52,69)(H,53,68)(H,54,64)(H,55,67)(H,56,66)(H,58,59)(H,60,61)(H,62,63)(H,70,71)(H4,45,46,48)/t24-,25-,26-,27-,28-,29-,30-/m0/s1. The van der Waals surface area contributed by atoms with Crippen molar-refractivity contribution in [3.8, 4) is 0 Å². The summed E-state index contributed by atoms with van der Waals surface area (Å²) in [7, 11) is 0. The fourth-order valence-electron chi connectivity index (χ4n) is 6.50. The fourth-order valence-corrected chi connectivity index (χ4v) is 6.50. The van der Waals surface area contributed by atoms with E-state index in [0.717, 1.165) is 0 Å². The van der Waals surface area contributed by atoms with Gasteiger partial charge in [-0.3, -0.25) is 52.9 Å². The molecule has 1 aromatic heterocycles. The molecule has 1 heterocycles. The summed E-state index contributed by atoms with van der Waals surface area (Å²) in [4.78, 5) is 151. The largest absolute Gasteiger partial charge is 0.481 e. The smallest absolute Gasteiger partial charge is 0.326 e. The molecule has 0 aliphatic heterocycles. The van der Waals surface area contributed by atoms with Crippen LogP contribution in [0.3, 0.4) is 0 Å². The lowest BCUT2D eigenvalue weighted by molar-refractivity contribution is -0.143. The number of imidazole rings is 1. The van der Waals surface area contributed by atoms with E-state index in [1.807, 2.05) is 0 Å². The van der Waals surface area contributed by atoms with Crippen molar-refractivity contribution in [1.82, 2.24) is 47.2 Å². The van der Waals surface area contributed by atoms with Gasteiger partial charge in [-0.05, 0) is 44.2 Å². The third-order valence-electron chi connectivity index (χ3n) is 10.1. The van der Waals surface area contributed by atoms with Crippen molar-refractivity contribution in [3.05, 3.63) is 54.1 Å². The van der Waals surface area contributed by atoms with Crippen molar-refractivity contribution in [2.24, 2.45) is 27.9 Å². The average molecular weight is 1000 g/mol. The van der Waals surface area contributed by atoms with Gasteiger partial charge in [0.15, 0.2) is 5.96 Å². The number of aliphatic carboxylic acids is 4. The van der Waals surface area contributed by atoms with Gasteiger partial charge in [0, 0.05) is 37.7 Å². The molecule has 2 aromatic rings. The summed E-state index contributed by atoms with van der Waals surface area (Å²) in [5.41, 5.74) is 23.2. The average Bonchev–Trinajstić information content (AvgIpc) is 3.82. The summed E-state index contributed by atoms with van der Waals surface area (Å²) in [6, 6.07) is -3.05. The minimum Gasteiger partial charge on any atom is -0.481 e. The number of hydrogen-bond acceptors (Lipinski definition) is 15. The van der Waals surface area contributed by atoms with Gasteiger partial charge in [0.2, 0.25) is 41.4 Å². The molecule has 0 saturated carbocycles. The minimum absolute atomic E-state index is 0.000804. The lowest BCUT2D eigenvalue weighted by Gasteiger charge is -2.25. The van der Waals surface area contributed by atoms with Gasteiger partial charge in [0.25, 0.3) is 0 Å². The molecule has 0 unspecified atom stereocenters. The zero-order valence-electron chi connectivity index (χ0n) is 38.5. The number of carbonyl (C=O) groups is 11. The van der Waals surface area contributed by atoms with Gasteiger partial charge in [-0.1, -0.05) is 36.8 Å². The Morgan fingerprint density at radius 2 is 1.15 bits per heavy atom. The second-order valence-electron chi connectivity index (χ2n) is 15.9. The first kappa shape index (κ1) is 58.9. The van der Waals surface area contributed by atoms with E-state index in [-0.39, 0.29) is 44.6 Å². The van der Waals surface area contributed by atoms with Gasteiger partial charge in [-0.25, -0.2) is 9.78 Å². The zero-order valence-corrected chi connectivity index (χ0v) is 38.5. The molecule has 1 aromatic carbocycles. The topological polar surface area (TPSA) is 498 Å². The van der Waals surface area contributed by atoms with E-state index < -0.39 is 140 Å². The summed E-state index contributed by atoms with van der Waals surface area (Å²) in [5.74, 6) is -14.0. The third-order valence-corrected chi connectivity index (χ3v) is 10.1. The van der Waals surface area contributed by atoms with Crippen LogP contribution in [0.5, 0.6) is 0 Å². The second-order valence-corrected chi connectivity index (χ2v) is 15.9. The zero-order chi connectivity index (χ0) is 53.0. The molecule has 0 bridgehead atoms. The van der Waals surface area contributed by atoms with Crippen molar-refractivity contribution >= 4 is 71.2 Å². The Hall–Kier alpha value is -8.21. The normalized spacial score (nSPS) is 13.7. The number of amides is 7. The lowest BCUT2D eigenvalue weighted by atomic mass is 10.0. The number of aliphatic imine (C=N–C) groups is 1. The summed E-state index contributed by atoms with van der Waals surface area (Å²) < 4.78 is 0. The number of guanidine groups is 1. The Bertz CT molecular complexity index is 2170. The number of aromatic nitrogens is 2. The number of hydrogen-bond donors (Lipinski definition) is 16. The monoisotopic (exact) mass is 1000 g/mol. The molecule has 71 heavy (non-hydrogen) atoms. The van der Waals surface area contributed by atoms with Crippen LogP contribution in [0.15, 0.2) is 47.8 Å². The maximum atomic E-state index is 13.7. The lowest BCUT2D eigenvalue weighted by Crippen LogP contribution is -2.59. The molecule has 0 radical (unpaired) electrons. The molecule has 0 saturated heterocycles. The predicted octanol–water partition coefficient (Wildman–Crippen LogP) is -5.37. The van der Waals surface area contributed by atoms with Crippen molar-refractivity contribution < 1.29 is 73.2 Å². The maximum Gasteiger partial charge on any atom is 0.326 e. The molecule has 2 rings (SSSR count). The van der Waals surface area contributed by atoms with Gasteiger partial charge in [-0.2, -0.15) is 0 Å². The van der Waals surface area contributed by atoms with Gasteiger partial charge < -0.3 is 85.6 Å². The highest BCUT2D eigenvalue weighted by atomic mass is 16.4. The predicted molar refractivity (Wildman–Crippen MR) is 247 cm³/mol. The molecule has 0 fully saturated rings. The molecule has 29 heteroatoms. The number of nitrogens with one attached hydrogen (secondary N) is 8. The molecule has 390 valence electrons. The van der Waals surface area contributed by atoms with E-state index in [1.54, 1.807) is 30.3 Å². The van der Waals surface area contributed by atoms with Crippen LogP contribution in [0.1, 0.15) is 69.0 Å². The van der Waals surface area contributed by atoms with Crippen LogP contribution in [0.4, 0.5) is 0 Å². The number of H-pyrrole nitrogens is 1. The Kier molecular flexibility index (Phi) is 25.7. The highest BCUT2D eigenvalue weighted by molar-refractivity contribution is 5.98. The highest BCUT2D eigenvalue weighted by Gasteiger charge is 2.34. The number of unbranched alkanes of at least 4 members (excludes halogenated alkanes) is 1. The van der Waals surface area contributed by atoms with E-state index in [0.29, 0.717) is 30.6 Å². The summed E-state index contributed by atoms with van der Waals surface area (Å²) in [6.45, 7) is -0.705. The van der Waals surface area contributed by atoms with E-state index in [1.165, 1.54) is 12.5 Å². The van der Waals surface area contributed by atoms with Crippen LogP contribution in [0.25, 0.3) is 0 Å². The molecule has 0 spiro atoms. The van der Waals surface area contributed by atoms with Crippen LogP contribution in [0.2, 0.25) is 0 Å². The molecular weight excluding hydrogens is 941 g/mol. The van der Waals surface area contributed by atoms with Gasteiger partial charge >= 0.3 is 23.9 Å². The van der Waals surface area contributed by atoms with Crippen LogP contribution in [-0.4, -0.2) is 164 Å². The number of nitrogens with zero attached hydrogens (tertiary/aromatic N) is 2. The SMILES string of the molecule is NCCCC[C@H](N)C(=O)N[C@@H](Cc1cnc[nH]1)C(=O)N[C@@H](CC(=O)O)C(=O)N[C@@H](CCCN=C(N)N)C(=O)NCC(=O)N[C@@H](CC(=O)O)C(=O)N[C@@H](CCC(=O)O)C(=O)N[C@@H](Cc1ccccc1)C(=O)O. The van der Waals surface area contributed by atoms with E-state index >= 15 is 0 Å². The number of aromatic amines is 1. The van der Waals surface area contributed by atoms with Crippen molar-refractivity contribution in [2.45, 2.75) is 113 Å². The van der Waals surface area contributed by atoms with E-state index in [9.17, 15) is 73.2 Å². The van der Waals surface area contributed by atoms with Crippen molar-refractivity contribution in [1.29, 1.82) is 0 Å². The van der Waals surface area contributed by atoms with Crippen LogP contribution in [0, 0.1) is 0 Å². The molecule has 0 aliphatic rings. The molecular formula is C42H62N14O15. The Morgan fingerprint density at radius 1 is 0.606 bits per heavy atom. The second kappa shape index (κ2) is 31.0. The van der Waals surface area contributed by atoms with Crippen LogP contribution in [-0.2, 0) is 65.6 Å². The number of carboxylic acid groups (broad SMARTS) is 4. The third kappa shape index (κ3) is 23.6. The number of benzene rings is 1. The van der Waals surface area contributed by atoms with Gasteiger partial charge in [0.1, 0.15) is 36.3 Å². The number of rotatable bonds is 34. The minimum atomic E-state index is -1.96. The summed E-state index contributed by atoms with van der Waals surface area (Å²) >= 11 is 0. The Labute approximate surface area is 405 Å². The fraction of sp³-hybridized carbons (Fsp3) is 0.500. The van der Waals surface area contributed by atoms with Crippen LogP contribution >= 0.6 is 0 Å². The highest BCUT2D eigenvalue weighted by Crippen LogP contribution is 2.09. The van der Waals surface area contributed by atoms with E-state index in [4.69, 9.17) is 22.9 Å². The molecule has 7 amide bonds. The van der Waals surface area contributed by atoms with Crippen molar-refractivity contribution in [2.75, 3.05) is 19.6 Å². The number of nitrogens with two attached hydrogens (primary N) is 4. The van der Waals surface area contributed by atoms with Gasteiger partial charge in [0.05, 0.1) is 31.8 Å². The van der Waals surface area contributed by atoms with Crippen molar-refractivity contribution in [3.63, 3.8) is 0 Å². The first-order chi connectivity index (χ1) is 33.6. The van der Waals surface area contributed by atoms with Gasteiger partial charge in [-0.15, -0.1) is 0 Å². The van der Waals surface area contributed by atoms with E-state index in [2.05, 4.69) is 52.2 Å².